The highest BCUT2D eigenvalue weighted by atomic mass is 35.5. The first kappa shape index (κ1) is 13.4. The molecule has 2 rings (SSSR count). The number of benzene rings is 1. The van der Waals surface area contributed by atoms with Crippen LogP contribution >= 0.6 is 23.2 Å². The number of aryl methyl sites for hydroxylation is 1. The Bertz CT molecular complexity index is 511. The van der Waals surface area contributed by atoms with E-state index < -0.39 is 0 Å². The van der Waals surface area contributed by atoms with Gasteiger partial charge >= 0.3 is 0 Å². The van der Waals surface area contributed by atoms with Crippen LogP contribution in [-0.2, 0) is 6.42 Å². The summed E-state index contributed by atoms with van der Waals surface area (Å²) in [6.07, 6.45) is 5.76. The fourth-order valence-electron chi connectivity index (χ4n) is 1.94. The third-order valence-electron chi connectivity index (χ3n) is 3.13. The SMILES string of the molecule is CC(CCc1ccc(Cl)c(Cl)c1)c1ccncc1. The van der Waals surface area contributed by atoms with Crippen LogP contribution < -0.4 is 0 Å². The van der Waals surface area contributed by atoms with Gasteiger partial charge in [0, 0.05) is 12.4 Å². The van der Waals surface area contributed by atoms with Crippen LogP contribution in [0, 0.1) is 0 Å². The first-order valence-electron chi connectivity index (χ1n) is 6.00. The Balaban J connectivity index is 1.97. The second-order valence-corrected chi connectivity index (χ2v) is 5.28. The Hall–Kier alpha value is -1.05. The molecule has 0 radical (unpaired) electrons. The zero-order chi connectivity index (χ0) is 13.0. The molecule has 0 spiro atoms. The highest BCUT2D eigenvalue weighted by Gasteiger charge is 2.06. The van der Waals surface area contributed by atoms with Gasteiger partial charge in [0.2, 0.25) is 0 Å². The fourth-order valence-corrected chi connectivity index (χ4v) is 2.26. The van der Waals surface area contributed by atoms with Gasteiger partial charge in [-0.2, -0.15) is 0 Å². The minimum absolute atomic E-state index is 0.516. The predicted octanol–water partition coefficient (Wildman–Crippen LogP) is 5.12. The Kier molecular flexibility index (Phi) is 4.62. The summed E-state index contributed by atoms with van der Waals surface area (Å²) < 4.78 is 0. The van der Waals surface area contributed by atoms with Gasteiger partial charge in [-0.25, -0.2) is 0 Å². The number of hydrogen-bond acceptors (Lipinski definition) is 1. The topological polar surface area (TPSA) is 12.9 Å². The molecular formula is C15H15Cl2N. The van der Waals surface area contributed by atoms with E-state index in [4.69, 9.17) is 23.2 Å². The van der Waals surface area contributed by atoms with Crippen molar-refractivity contribution in [3.63, 3.8) is 0 Å². The van der Waals surface area contributed by atoms with Gasteiger partial charge in [0.05, 0.1) is 10.0 Å². The highest BCUT2D eigenvalue weighted by molar-refractivity contribution is 6.42. The van der Waals surface area contributed by atoms with E-state index in [9.17, 15) is 0 Å². The van der Waals surface area contributed by atoms with Crippen molar-refractivity contribution >= 4 is 23.2 Å². The normalized spacial score (nSPS) is 12.4. The van der Waals surface area contributed by atoms with E-state index in [-0.39, 0.29) is 0 Å². The van der Waals surface area contributed by atoms with E-state index >= 15 is 0 Å². The maximum atomic E-state index is 6.01. The molecule has 0 aliphatic heterocycles. The van der Waals surface area contributed by atoms with Crippen LogP contribution in [0.5, 0.6) is 0 Å². The van der Waals surface area contributed by atoms with Crippen LogP contribution in [0.2, 0.25) is 10.0 Å². The number of halogens is 2. The lowest BCUT2D eigenvalue weighted by atomic mass is 9.95. The van der Waals surface area contributed by atoms with Crippen LogP contribution in [0.3, 0.4) is 0 Å². The van der Waals surface area contributed by atoms with Gasteiger partial charge in [-0.3, -0.25) is 4.98 Å². The molecule has 3 heteroatoms. The monoisotopic (exact) mass is 279 g/mol. The van der Waals surface area contributed by atoms with Crippen LogP contribution in [-0.4, -0.2) is 4.98 Å². The molecule has 18 heavy (non-hydrogen) atoms. The quantitative estimate of drug-likeness (QED) is 0.757. The van der Waals surface area contributed by atoms with Gasteiger partial charge in [0.25, 0.3) is 0 Å². The minimum Gasteiger partial charge on any atom is -0.265 e. The van der Waals surface area contributed by atoms with Crippen LogP contribution in [0.1, 0.15) is 30.4 Å². The third-order valence-corrected chi connectivity index (χ3v) is 3.86. The number of hydrogen-bond donors (Lipinski definition) is 0. The molecule has 0 aliphatic carbocycles. The molecule has 1 nitrogen and oxygen atoms in total. The second kappa shape index (κ2) is 6.21. The maximum Gasteiger partial charge on any atom is 0.0595 e. The average molecular weight is 280 g/mol. The zero-order valence-corrected chi connectivity index (χ0v) is 11.7. The molecule has 1 aromatic carbocycles. The predicted molar refractivity (Wildman–Crippen MR) is 77.4 cm³/mol. The van der Waals surface area contributed by atoms with Gasteiger partial charge in [-0.15, -0.1) is 0 Å². The van der Waals surface area contributed by atoms with Crippen molar-refractivity contribution in [1.82, 2.24) is 4.98 Å². The molecule has 0 N–H and O–H groups in total. The minimum atomic E-state index is 0.516. The van der Waals surface area contributed by atoms with Crippen molar-refractivity contribution < 1.29 is 0 Å². The molecule has 1 unspecified atom stereocenters. The summed E-state index contributed by atoms with van der Waals surface area (Å²) in [5.74, 6) is 0.516. The summed E-state index contributed by atoms with van der Waals surface area (Å²) in [5.41, 5.74) is 2.55. The molecule has 0 saturated carbocycles. The number of aromatic nitrogens is 1. The summed E-state index contributed by atoms with van der Waals surface area (Å²) in [7, 11) is 0. The molecule has 1 aromatic heterocycles. The van der Waals surface area contributed by atoms with Crippen molar-refractivity contribution in [3.05, 3.63) is 63.9 Å². The van der Waals surface area contributed by atoms with Crippen molar-refractivity contribution in [3.8, 4) is 0 Å². The van der Waals surface area contributed by atoms with E-state index in [2.05, 4.69) is 24.0 Å². The van der Waals surface area contributed by atoms with Gasteiger partial charge < -0.3 is 0 Å². The summed E-state index contributed by atoms with van der Waals surface area (Å²) in [5, 5.41) is 1.24. The molecule has 0 amide bonds. The van der Waals surface area contributed by atoms with Crippen LogP contribution in [0.4, 0.5) is 0 Å². The second-order valence-electron chi connectivity index (χ2n) is 4.47. The average Bonchev–Trinajstić information content (AvgIpc) is 2.41. The van der Waals surface area contributed by atoms with Gasteiger partial charge in [-0.05, 0) is 54.2 Å². The lowest BCUT2D eigenvalue weighted by molar-refractivity contribution is 0.678. The maximum absolute atomic E-state index is 6.01. The fraction of sp³-hybridized carbons (Fsp3) is 0.267. The molecule has 2 aromatic rings. The number of rotatable bonds is 4. The Labute approximate surface area is 118 Å². The lowest BCUT2D eigenvalue weighted by Gasteiger charge is -2.11. The summed E-state index contributed by atoms with van der Waals surface area (Å²) in [6.45, 7) is 2.23. The first-order valence-corrected chi connectivity index (χ1v) is 6.76. The van der Waals surface area contributed by atoms with E-state index in [0.717, 1.165) is 12.8 Å². The van der Waals surface area contributed by atoms with Crippen LogP contribution in [0.15, 0.2) is 42.7 Å². The van der Waals surface area contributed by atoms with Crippen molar-refractivity contribution in [2.75, 3.05) is 0 Å². The summed E-state index contributed by atoms with van der Waals surface area (Å²) in [4.78, 5) is 4.04. The molecular weight excluding hydrogens is 265 g/mol. The van der Waals surface area contributed by atoms with Crippen molar-refractivity contribution in [2.45, 2.75) is 25.7 Å². The van der Waals surface area contributed by atoms with E-state index in [1.54, 1.807) is 0 Å². The number of pyridine rings is 1. The van der Waals surface area contributed by atoms with Gasteiger partial charge in [0.15, 0.2) is 0 Å². The van der Waals surface area contributed by atoms with Crippen molar-refractivity contribution in [2.24, 2.45) is 0 Å². The van der Waals surface area contributed by atoms with E-state index in [1.807, 2.05) is 30.6 Å². The van der Waals surface area contributed by atoms with E-state index in [1.165, 1.54) is 11.1 Å². The molecule has 0 bridgehead atoms. The zero-order valence-electron chi connectivity index (χ0n) is 10.2. The van der Waals surface area contributed by atoms with E-state index in [0.29, 0.717) is 16.0 Å². The first-order chi connectivity index (χ1) is 8.66. The van der Waals surface area contributed by atoms with Gasteiger partial charge in [0.1, 0.15) is 0 Å². The Morgan fingerprint density at radius 1 is 1.06 bits per heavy atom. The molecule has 0 fully saturated rings. The standard InChI is InChI=1S/C15H15Cl2N/c1-11(13-6-8-18-9-7-13)2-3-12-4-5-14(16)15(17)10-12/h4-11H,2-3H2,1H3. The lowest BCUT2D eigenvalue weighted by Crippen LogP contribution is -1.96. The molecule has 0 aliphatic rings. The van der Waals surface area contributed by atoms with Crippen LogP contribution in [0.25, 0.3) is 0 Å². The molecule has 1 heterocycles. The van der Waals surface area contributed by atoms with Gasteiger partial charge in [-0.1, -0.05) is 36.2 Å². The Morgan fingerprint density at radius 3 is 2.44 bits per heavy atom. The Morgan fingerprint density at radius 2 is 1.78 bits per heavy atom. The van der Waals surface area contributed by atoms with Crippen molar-refractivity contribution in [1.29, 1.82) is 0 Å². The third kappa shape index (κ3) is 3.47. The number of nitrogens with zero attached hydrogens (tertiary/aromatic N) is 1. The smallest absolute Gasteiger partial charge is 0.0595 e. The summed E-state index contributed by atoms with van der Waals surface area (Å²) >= 11 is 11.9. The highest BCUT2D eigenvalue weighted by Crippen LogP contribution is 2.25. The molecule has 0 saturated heterocycles. The molecule has 1 atom stereocenters. The largest absolute Gasteiger partial charge is 0.265 e. The summed E-state index contributed by atoms with van der Waals surface area (Å²) in [6, 6.07) is 9.98. The molecule has 94 valence electrons.